The molecule has 80 valence electrons. The first kappa shape index (κ1) is 10.9. The molecule has 0 aliphatic carbocycles. The van der Waals surface area contributed by atoms with Gasteiger partial charge >= 0.3 is 5.97 Å². The lowest BCUT2D eigenvalue weighted by Gasteiger charge is -2.07. The molecule has 7 heteroatoms. The number of anilines is 1. The Bertz CT molecular complexity index is 417. The average Bonchev–Trinajstić information content (AvgIpc) is 2.15. The van der Waals surface area contributed by atoms with Crippen LogP contribution in [0.3, 0.4) is 0 Å². The molecule has 0 bridgehead atoms. The molecule has 0 fully saturated rings. The maximum atomic E-state index is 10.6. The number of nitrogens with zero attached hydrogens (tertiary/aromatic N) is 1. The number of para-hydroxylation sites is 1. The van der Waals surface area contributed by atoms with Crippen LogP contribution in [0.4, 0.5) is 11.4 Å². The molecular weight excluding hydrogens is 204 g/mol. The van der Waals surface area contributed by atoms with Gasteiger partial charge in [-0.25, -0.2) is 4.79 Å². The molecule has 4 N–H and O–H groups in total. The van der Waals surface area contributed by atoms with Crippen LogP contribution in [0.5, 0.6) is 0 Å². The van der Waals surface area contributed by atoms with Gasteiger partial charge in [0.2, 0.25) is 0 Å². The largest absolute Gasteiger partial charge is 0.479 e. The summed E-state index contributed by atoms with van der Waals surface area (Å²) in [6.07, 6.45) is -1.95. The summed E-state index contributed by atoms with van der Waals surface area (Å²) in [6.45, 7) is 0. The molecule has 0 aliphatic heterocycles. The van der Waals surface area contributed by atoms with Gasteiger partial charge in [-0.2, -0.15) is 0 Å². The number of nitrogen functional groups attached to an aromatic ring is 1. The fourth-order valence-corrected chi connectivity index (χ4v) is 1.14. The van der Waals surface area contributed by atoms with Crippen molar-refractivity contribution in [1.82, 2.24) is 0 Å². The van der Waals surface area contributed by atoms with Crippen LogP contribution in [0, 0.1) is 10.1 Å². The molecule has 1 rings (SSSR count). The van der Waals surface area contributed by atoms with Gasteiger partial charge in [0.1, 0.15) is 5.69 Å². The monoisotopic (exact) mass is 212 g/mol. The van der Waals surface area contributed by atoms with E-state index < -0.39 is 22.7 Å². The lowest BCUT2D eigenvalue weighted by atomic mass is 10.1. The van der Waals surface area contributed by atoms with E-state index in [0.717, 1.165) is 6.07 Å². The Kier molecular flexibility index (Phi) is 2.86. The number of carbonyl (C=O) groups is 1. The van der Waals surface area contributed by atoms with Crippen molar-refractivity contribution in [2.75, 3.05) is 5.73 Å². The second-order valence-electron chi connectivity index (χ2n) is 2.78. The van der Waals surface area contributed by atoms with E-state index in [1.807, 2.05) is 0 Å². The van der Waals surface area contributed by atoms with E-state index in [4.69, 9.17) is 10.8 Å². The Morgan fingerprint density at radius 3 is 2.60 bits per heavy atom. The quantitative estimate of drug-likeness (QED) is 0.375. The third-order valence-electron chi connectivity index (χ3n) is 1.81. The number of hydrogen-bond donors (Lipinski definition) is 3. The molecule has 7 nitrogen and oxygen atoms in total. The van der Waals surface area contributed by atoms with E-state index in [1.54, 1.807) is 0 Å². The van der Waals surface area contributed by atoms with E-state index in [9.17, 15) is 20.0 Å². The third-order valence-corrected chi connectivity index (χ3v) is 1.81. The first-order valence-corrected chi connectivity index (χ1v) is 3.88. The first-order valence-electron chi connectivity index (χ1n) is 3.88. The molecule has 0 radical (unpaired) electrons. The summed E-state index contributed by atoms with van der Waals surface area (Å²) in [7, 11) is 0. The Balaban J connectivity index is 3.35. The van der Waals surface area contributed by atoms with E-state index >= 15 is 0 Å². The highest BCUT2D eigenvalue weighted by Crippen LogP contribution is 2.30. The zero-order valence-corrected chi connectivity index (χ0v) is 7.45. The van der Waals surface area contributed by atoms with Crippen molar-refractivity contribution in [1.29, 1.82) is 0 Å². The molecule has 0 amide bonds. The Labute approximate surface area is 83.9 Å². The van der Waals surface area contributed by atoms with Gasteiger partial charge < -0.3 is 15.9 Å². The Morgan fingerprint density at radius 1 is 1.53 bits per heavy atom. The summed E-state index contributed by atoms with van der Waals surface area (Å²) in [5.74, 6) is -1.57. The molecule has 1 aromatic carbocycles. The number of hydrogen-bond acceptors (Lipinski definition) is 5. The molecular formula is C8H8N2O5. The van der Waals surface area contributed by atoms with E-state index in [0.29, 0.717) is 0 Å². The number of nitro benzene ring substituents is 1. The van der Waals surface area contributed by atoms with Gasteiger partial charge in [-0.3, -0.25) is 10.1 Å². The zero-order valence-electron chi connectivity index (χ0n) is 7.45. The summed E-state index contributed by atoms with van der Waals surface area (Å²) in [4.78, 5) is 20.2. The number of benzene rings is 1. The Morgan fingerprint density at radius 2 is 2.13 bits per heavy atom. The van der Waals surface area contributed by atoms with Crippen LogP contribution >= 0.6 is 0 Å². The summed E-state index contributed by atoms with van der Waals surface area (Å²) >= 11 is 0. The van der Waals surface area contributed by atoms with Gasteiger partial charge in [0.25, 0.3) is 5.69 Å². The molecule has 0 saturated heterocycles. The van der Waals surface area contributed by atoms with Gasteiger partial charge in [-0.15, -0.1) is 0 Å². The molecule has 0 heterocycles. The molecule has 0 aliphatic rings. The summed E-state index contributed by atoms with van der Waals surface area (Å²) in [5, 5.41) is 28.3. The maximum Gasteiger partial charge on any atom is 0.337 e. The second kappa shape index (κ2) is 3.93. The number of aliphatic hydroxyl groups excluding tert-OH is 1. The normalized spacial score (nSPS) is 12.1. The molecule has 1 aromatic rings. The molecule has 0 aromatic heterocycles. The summed E-state index contributed by atoms with van der Waals surface area (Å²) in [6, 6.07) is 3.74. The number of aliphatic carboxylic acids is 1. The van der Waals surface area contributed by atoms with Crippen molar-refractivity contribution in [2.24, 2.45) is 0 Å². The van der Waals surface area contributed by atoms with E-state index in [1.165, 1.54) is 12.1 Å². The van der Waals surface area contributed by atoms with Crippen molar-refractivity contribution in [2.45, 2.75) is 6.10 Å². The van der Waals surface area contributed by atoms with Crippen LogP contribution in [0.2, 0.25) is 0 Å². The number of aliphatic hydroxyl groups is 1. The standard InChI is InChI=1S/C8H8N2O5/c9-5-3-1-2-4(6(5)10(14)15)7(11)8(12)13/h1-3,7,11H,9H2,(H,12,13). The van der Waals surface area contributed by atoms with Crippen LogP contribution in [0.1, 0.15) is 11.7 Å². The summed E-state index contributed by atoms with van der Waals surface area (Å²) in [5.41, 5.74) is 4.23. The Hall–Kier alpha value is -2.15. The number of carboxylic acids is 1. The van der Waals surface area contributed by atoms with Crippen molar-refractivity contribution in [3.8, 4) is 0 Å². The lowest BCUT2D eigenvalue weighted by molar-refractivity contribution is -0.385. The molecule has 15 heavy (non-hydrogen) atoms. The molecule has 1 unspecified atom stereocenters. The van der Waals surface area contributed by atoms with Gasteiger partial charge in [-0.1, -0.05) is 6.07 Å². The maximum absolute atomic E-state index is 10.6. The molecule has 0 spiro atoms. The second-order valence-corrected chi connectivity index (χ2v) is 2.78. The third kappa shape index (κ3) is 2.02. The number of carboxylic acid groups (broad SMARTS) is 1. The predicted molar refractivity (Wildman–Crippen MR) is 50.1 cm³/mol. The van der Waals surface area contributed by atoms with E-state index in [-0.39, 0.29) is 11.3 Å². The minimum atomic E-state index is -1.95. The highest BCUT2D eigenvalue weighted by atomic mass is 16.6. The number of nitro groups is 1. The molecule has 1 atom stereocenters. The minimum absolute atomic E-state index is 0.183. The van der Waals surface area contributed by atoms with Crippen molar-refractivity contribution < 1.29 is 19.9 Å². The topological polar surface area (TPSA) is 127 Å². The first-order chi connectivity index (χ1) is 6.95. The van der Waals surface area contributed by atoms with Crippen molar-refractivity contribution in [3.63, 3.8) is 0 Å². The van der Waals surface area contributed by atoms with Gasteiger partial charge in [-0.05, 0) is 12.1 Å². The fraction of sp³-hybridized carbons (Fsp3) is 0.125. The lowest BCUT2D eigenvalue weighted by Crippen LogP contribution is -2.13. The summed E-state index contributed by atoms with van der Waals surface area (Å²) < 4.78 is 0. The van der Waals surface area contributed by atoms with Gasteiger partial charge in [0.15, 0.2) is 6.10 Å². The van der Waals surface area contributed by atoms with Crippen LogP contribution in [-0.2, 0) is 4.79 Å². The van der Waals surface area contributed by atoms with E-state index in [2.05, 4.69) is 0 Å². The highest BCUT2D eigenvalue weighted by Gasteiger charge is 2.27. The number of rotatable bonds is 3. The van der Waals surface area contributed by atoms with Gasteiger partial charge in [0.05, 0.1) is 10.5 Å². The predicted octanol–water partition coefficient (Wildman–Crippen LogP) is 0.295. The molecule has 0 saturated carbocycles. The highest BCUT2D eigenvalue weighted by molar-refractivity contribution is 5.78. The van der Waals surface area contributed by atoms with Crippen LogP contribution in [-0.4, -0.2) is 21.1 Å². The van der Waals surface area contributed by atoms with Crippen molar-refractivity contribution >= 4 is 17.3 Å². The van der Waals surface area contributed by atoms with Crippen LogP contribution in [0.15, 0.2) is 18.2 Å². The fourth-order valence-electron chi connectivity index (χ4n) is 1.14. The minimum Gasteiger partial charge on any atom is -0.479 e. The van der Waals surface area contributed by atoms with Gasteiger partial charge in [0, 0.05) is 0 Å². The number of nitrogens with two attached hydrogens (primary N) is 1. The zero-order chi connectivity index (χ0) is 11.6. The van der Waals surface area contributed by atoms with Crippen LogP contribution < -0.4 is 5.73 Å². The SMILES string of the molecule is Nc1cccc(C(O)C(=O)O)c1[N+](=O)[O-]. The average molecular weight is 212 g/mol. The smallest absolute Gasteiger partial charge is 0.337 e. The van der Waals surface area contributed by atoms with Crippen LogP contribution in [0.25, 0.3) is 0 Å². The van der Waals surface area contributed by atoms with Crippen molar-refractivity contribution in [3.05, 3.63) is 33.9 Å².